The Morgan fingerprint density at radius 2 is 2.07 bits per heavy atom. The molecule has 0 bridgehead atoms. The van der Waals surface area contributed by atoms with Crippen molar-refractivity contribution in [2.24, 2.45) is 0 Å². The van der Waals surface area contributed by atoms with Crippen LogP contribution in [0.3, 0.4) is 0 Å². The van der Waals surface area contributed by atoms with Gasteiger partial charge in [-0.3, -0.25) is 4.79 Å². The lowest BCUT2D eigenvalue weighted by Gasteiger charge is -2.25. The van der Waals surface area contributed by atoms with Crippen LogP contribution in [0.1, 0.15) is 62.7 Å². The van der Waals surface area contributed by atoms with E-state index in [2.05, 4.69) is 20.1 Å². The Bertz CT molecular complexity index is 925. The first kappa shape index (κ1) is 19.1. The molecule has 0 saturated heterocycles. The second-order valence-corrected chi connectivity index (χ2v) is 8.40. The molecule has 0 radical (unpaired) electrons. The van der Waals surface area contributed by atoms with Crippen molar-refractivity contribution in [1.82, 2.24) is 20.1 Å². The summed E-state index contributed by atoms with van der Waals surface area (Å²) >= 11 is 1.46. The number of fused-ring (bicyclic) bond motifs is 1. The largest absolute Gasteiger partial charge is 0.459 e. The SMILES string of the molecule is Cc1nnc(SCC(=O)N[C@H](C)c2cc3ccccc3o2)n1C1CCCCC1. The molecule has 1 amide bonds. The van der Waals surface area contributed by atoms with E-state index in [9.17, 15) is 4.79 Å². The second-order valence-electron chi connectivity index (χ2n) is 7.46. The van der Waals surface area contributed by atoms with Gasteiger partial charge in [-0.05, 0) is 38.8 Å². The van der Waals surface area contributed by atoms with Gasteiger partial charge in [-0.1, -0.05) is 49.2 Å². The number of carbonyl (C=O) groups is 1. The Morgan fingerprint density at radius 1 is 1.29 bits per heavy atom. The maximum Gasteiger partial charge on any atom is 0.231 e. The normalized spacial score (nSPS) is 16.4. The van der Waals surface area contributed by atoms with Crippen LogP contribution in [0.5, 0.6) is 0 Å². The molecule has 1 aliphatic carbocycles. The lowest BCUT2D eigenvalue weighted by molar-refractivity contribution is -0.119. The first-order valence-corrected chi connectivity index (χ1v) is 10.9. The number of nitrogens with zero attached hydrogens (tertiary/aromatic N) is 3. The summed E-state index contributed by atoms with van der Waals surface area (Å²) in [6, 6.07) is 10.1. The topological polar surface area (TPSA) is 73.0 Å². The predicted octanol–water partition coefficient (Wildman–Crippen LogP) is 4.81. The minimum Gasteiger partial charge on any atom is -0.459 e. The highest BCUT2D eigenvalue weighted by Crippen LogP contribution is 2.32. The van der Waals surface area contributed by atoms with E-state index >= 15 is 0 Å². The average Bonchev–Trinajstić information content (AvgIpc) is 3.30. The van der Waals surface area contributed by atoms with Crippen LogP contribution in [0.2, 0.25) is 0 Å². The molecular weight excluding hydrogens is 372 g/mol. The number of nitrogens with one attached hydrogen (secondary N) is 1. The molecule has 0 spiro atoms. The molecule has 1 N–H and O–H groups in total. The number of hydrogen-bond donors (Lipinski definition) is 1. The fourth-order valence-electron chi connectivity index (χ4n) is 3.91. The summed E-state index contributed by atoms with van der Waals surface area (Å²) in [4.78, 5) is 12.5. The summed E-state index contributed by atoms with van der Waals surface area (Å²) in [5, 5.41) is 13.5. The van der Waals surface area contributed by atoms with Crippen LogP contribution in [0.15, 0.2) is 39.9 Å². The minimum absolute atomic E-state index is 0.0335. The number of furan rings is 1. The van der Waals surface area contributed by atoms with Crippen molar-refractivity contribution in [2.75, 3.05) is 5.75 Å². The highest BCUT2D eigenvalue weighted by atomic mass is 32.2. The summed E-state index contributed by atoms with van der Waals surface area (Å²) in [6.45, 7) is 3.93. The van der Waals surface area contributed by atoms with Crippen LogP contribution in [0, 0.1) is 6.92 Å². The Balaban J connectivity index is 1.37. The van der Waals surface area contributed by atoms with Crippen LogP contribution < -0.4 is 5.32 Å². The third kappa shape index (κ3) is 4.09. The third-order valence-electron chi connectivity index (χ3n) is 5.36. The van der Waals surface area contributed by atoms with Crippen LogP contribution >= 0.6 is 11.8 Å². The van der Waals surface area contributed by atoms with E-state index in [0.717, 1.165) is 27.7 Å². The van der Waals surface area contributed by atoms with E-state index in [-0.39, 0.29) is 11.9 Å². The molecule has 0 aliphatic heterocycles. The molecule has 1 aromatic carbocycles. The van der Waals surface area contributed by atoms with Gasteiger partial charge < -0.3 is 14.3 Å². The number of hydrogen-bond acceptors (Lipinski definition) is 5. The van der Waals surface area contributed by atoms with Crippen LogP contribution in [0.4, 0.5) is 0 Å². The number of aryl methyl sites for hydroxylation is 1. The molecule has 2 aromatic heterocycles. The number of benzene rings is 1. The van der Waals surface area contributed by atoms with Gasteiger partial charge in [0.2, 0.25) is 5.91 Å². The van der Waals surface area contributed by atoms with Gasteiger partial charge in [0.05, 0.1) is 11.8 Å². The summed E-state index contributed by atoms with van der Waals surface area (Å²) in [5.41, 5.74) is 0.837. The lowest BCUT2D eigenvalue weighted by atomic mass is 9.95. The van der Waals surface area contributed by atoms with Crippen LogP contribution in [-0.4, -0.2) is 26.4 Å². The van der Waals surface area contributed by atoms with Crippen molar-refractivity contribution in [2.45, 2.75) is 63.2 Å². The van der Waals surface area contributed by atoms with Crippen LogP contribution in [0.25, 0.3) is 11.0 Å². The summed E-state index contributed by atoms with van der Waals surface area (Å²) < 4.78 is 8.07. The molecule has 148 valence electrons. The highest BCUT2D eigenvalue weighted by molar-refractivity contribution is 7.99. The summed E-state index contributed by atoms with van der Waals surface area (Å²) in [6.07, 6.45) is 6.15. The fraction of sp³-hybridized carbons (Fsp3) is 0.476. The molecular formula is C21H26N4O2S. The fourth-order valence-corrected chi connectivity index (χ4v) is 4.77. The van der Waals surface area contributed by atoms with E-state index in [1.54, 1.807) is 0 Å². The van der Waals surface area contributed by atoms with Crippen molar-refractivity contribution < 1.29 is 9.21 Å². The number of amides is 1. The highest BCUT2D eigenvalue weighted by Gasteiger charge is 2.22. The average molecular weight is 399 g/mol. The predicted molar refractivity (Wildman–Crippen MR) is 110 cm³/mol. The third-order valence-corrected chi connectivity index (χ3v) is 6.30. The smallest absolute Gasteiger partial charge is 0.231 e. The zero-order chi connectivity index (χ0) is 19.5. The van der Waals surface area contributed by atoms with Gasteiger partial charge in [-0.2, -0.15) is 0 Å². The molecule has 28 heavy (non-hydrogen) atoms. The maximum atomic E-state index is 12.5. The van der Waals surface area contributed by atoms with Gasteiger partial charge >= 0.3 is 0 Å². The first-order chi connectivity index (χ1) is 13.6. The summed E-state index contributed by atoms with van der Waals surface area (Å²) in [5.74, 6) is 1.98. The first-order valence-electron chi connectivity index (χ1n) is 9.94. The Kier molecular flexibility index (Phi) is 5.71. The number of carbonyl (C=O) groups excluding carboxylic acids is 1. The van der Waals surface area contributed by atoms with Crippen molar-refractivity contribution in [3.8, 4) is 0 Å². The van der Waals surface area contributed by atoms with E-state index in [4.69, 9.17) is 4.42 Å². The van der Waals surface area contributed by atoms with Gasteiger partial charge in [0.1, 0.15) is 17.2 Å². The molecule has 6 nitrogen and oxygen atoms in total. The van der Waals surface area contributed by atoms with Crippen molar-refractivity contribution in [3.63, 3.8) is 0 Å². The Morgan fingerprint density at radius 3 is 2.86 bits per heavy atom. The summed E-state index contributed by atoms with van der Waals surface area (Å²) in [7, 11) is 0. The van der Waals surface area contributed by atoms with Gasteiger partial charge in [0, 0.05) is 11.4 Å². The van der Waals surface area contributed by atoms with Gasteiger partial charge in [-0.15, -0.1) is 10.2 Å². The molecule has 1 fully saturated rings. The van der Waals surface area contributed by atoms with Gasteiger partial charge in [-0.25, -0.2) is 0 Å². The standard InChI is InChI=1S/C21H26N4O2S/c1-14(19-12-16-8-6-7-11-18(16)27-19)22-20(26)13-28-21-24-23-15(2)25(21)17-9-4-3-5-10-17/h6-8,11-12,14,17H,3-5,9-10,13H2,1-2H3,(H,22,26)/t14-/m1/s1. The molecule has 4 rings (SSSR count). The lowest BCUT2D eigenvalue weighted by Crippen LogP contribution is -2.28. The zero-order valence-electron chi connectivity index (χ0n) is 16.4. The molecule has 1 aliphatic rings. The van der Waals surface area contributed by atoms with E-state index in [1.807, 2.05) is 44.2 Å². The van der Waals surface area contributed by atoms with Gasteiger partial charge in [0.25, 0.3) is 0 Å². The van der Waals surface area contributed by atoms with Crippen molar-refractivity contribution >= 4 is 28.6 Å². The maximum absolute atomic E-state index is 12.5. The number of aromatic nitrogens is 3. The molecule has 0 unspecified atom stereocenters. The molecule has 3 aromatic rings. The Labute approximate surface area is 169 Å². The molecule has 7 heteroatoms. The quantitative estimate of drug-likeness (QED) is 0.603. The number of rotatable bonds is 6. The molecule has 1 atom stereocenters. The van der Waals surface area contributed by atoms with Gasteiger partial charge in [0.15, 0.2) is 5.16 Å². The molecule has 1 saturated carbocycles. The van der Waals surface area contributed by atoms with Crippen LogP contribution in [-0.2, 0) is 4.79 Å². The van der Waals surface area contributed by atoms with E-state index < -0.39 is 0 Å². The number of thioether (sulfide) groups is 1. The second kappa shape index (κ2) is 8.39. The number of para-hydroxylation sites is 1. The monoisotopic (exact) mass is 398 g/mol. The molecule has 2 heterocycles. The van der Waals surface area contributed by atoms with Crippen molar-refractivity contribution in [1.29, 1.82) is 0 Å². The van der Waals surface area contributed by atoms with E-state index in [0.29, 0.717) is 11.8 Å². The minimum atomic E-state index is -0.182. The van der Waals surface area contributed by atoms with Crippen molar-refractivity contribution in [3.05, 3.63) is 41.9 Å². The zero-order valence-corrected chi connectivity index (χ0v) is 17.2. The Hall–Kier alpha value is -2.28. The van der Waals surface area contributed by atoms with E-state index in [1.165, 1.54) is 43.9 Å².